The fourth-order valence-electron chi connectivity index (χ4n) is 2.87. The van der Waals surface area contributed by atoms with E-state index in [1.54, 1.807) is 7.11 Å². The largest absolute Gasteiger partial charge is 0.497 e. The van der Waals surface area contributed by atoms with Gasteiger partial charge in [-0.15, -0.1) is 0 Å². The van der Waals surface area contributed by atoms with Crippen LogP contribution in [0.5, 0.6) is 5.75 Å². The van der Waals surface area contributed by atoms with Crippen molar-refractivity contribution in [3.05, 3.63) is 36.0 Å². The summed E-state index contributed by atoms with van der Waals surface area (Å²) in [7, 11) is 1.70. The monoisotopic (exact) mass is 241 g/mol. The third-order valence-electron chi connectivity index (χ3n) is 3.94. The Labute approximate surface area is 108 Å². The van der Waals surface area contributed by atoms with E-state index in [1.807, 2.05) is 12.1 Å². The van der Waals surface area contributed by atoms with Crippen LogP contribution < -0.4 is 4.74 Å². The van der Waals surface area contributed by atoms with Crippen LogP contribution in [0.3, 0.4) is 0 Å². The van der Waals surface area contributed by atoms with E-state index in [4.69, 9.17) is 9.72 Å². The Morgan fingerprint density at radius 3 is 2.67 bits per heavy atom. The molecular formula is C16H19NO. The first-order chi connectivity index (χ1) is 8.86. The van der Waals surface area contributed by atoms with Crippen LogP contribution in [0.4, 0.5) is 0 Å². The van der Waals surface area contributed by atoms with E-state index in [2.05, 4.69) is 18.2 Å². The molecule has 1 aromatic heterocycles. The van der Waals surface area contributed by atoms with Gasteiger partial charge in [0.2, 0.25) is 0 Å². The summed E-state index contributed by atoms with van der Waals surface area (Å²) in [5, 5.41) is 1.16. The third kappa shape index (κ3) is 2.20. The quantitative estimate of drug-likeness (QED) is 0.782. The molecule has 0 aliphatic heterocycles. The number of hydrogen-bond donors (Lipinski definition) is 0. The van der Waals surface area contributed by atoms with Crippen molar-refractivity contribution in [3.63, 3.8) is 0 Å². The van der Waals surface area contributed by atoms with Gasteiger partial charge in [-0.25, -0.2) is 0 Å². The number of fused-ring (bicyclic) bond motifs is 1. The summed E-state index contributed by atoms with van der Waals surface area (Å²) < 4.78 is 5.24. The van der Waals surface area contributed by atoms with Crippen LogP contribution in [0.2, 0.25) is 0 Å². The maximum absolute atomic E-state index is 5.24. The number of hydrogen-bond acceptors (Lipinski definition) is 2. The lowest BCUT2D eigenvalue weighted by molar-refractivity contribution is 0.415. The number of benzene rings is 1. The lowest BCUT2D eigenvalue weighted by Gasteiger charge is -2.21. The molecule has 0 saturated heterocycles. The molecule has 1 saturated carbocycles. The van der Waals surface area contributed by atoms with Crippen molar-refractivity contribution in [2.75, 3.05) is 7.11 Å². The second kappa shape index (κ2) is 4.97. The SMILES string of the molecule is COc1ccc2nc(C3CCCCC3)ccc2c1. The van der Waals surface area contributed by atoms with E-state index in [0.717, 1.165) is 16.7 Å². The first-order valence-electron chi connectivity index (χ1n) is 6.81. The zero-order valence-electron chi connectivity index (χ0n) is 10.9. The molecule has 0 amide bonds. The smallest absolute Gasteiger partial charge is 0.119 e. The number of rotatable bonds is 2. The van der Waals surface area contributed by atoms with Crippen LogP contribution in [0.15, 0.2) is 30.3 Å². The van der Waals surface area contributed by atoms with E-state index in [-0.39, 0.29) is 0 Å². The molecule has 2 aromatic rings. The third-order valence-corrected chi connectivity index (χ3v) is 3.94. The summed E-state index contributed by atoms with van der Waals surface area (Å²) in [5.41, 5.74) is 2.35. The van der Waals surface area contributed by atoms with Crippen molar-refractivity contribution in [2.24, 2.45) is 0 Å². The van der Waals surface area contributed by atoms with E-state index < -0.39 is 0 Å². The molecule has 0 N–H and O–H groups in total. The Hall–Kier alpha value is -1.57. The van der Waals surface area contributed by atoms with E-state index in [9.17, 15) is 0 Å². The van der Waals surface area contributed by atoms with Crippen molar-refractivity contribution in [1.29, 1.82) is 0 Å². The Morgan fingerprint density at radius 1 is 1.06 bits per heavy atom. The maximum Gasteiger partial charge on any atom is 0.119 e. The van der Waals surface area contributed by atoms with Gasteiger partial charge in [0, 0.05) is 17.0 Å². The molecule has 3 rings (SSSR count). The molecular weight excluding hydrogens is 222 g/mol. The van der Waals surface area contributed by atoms with Crippen LogP contribution in [-0.2, 0) is 0 Å². The molecule has 1 aliphatic rings. The van der Waals surface area contributed by atoms with Crippen LogP contribution in [0, 0.1) is 0 Å². The van der Waals surface area contributed by atoms with Gasteiger partial charge in [-0.05, 0) is 37.1 Å². The molecule has 0 radical (unpaired) electrons. The van der Waals surface area contributed by atoms with Gasteiger partial charge in [-0.2, -0.15) is 0 Å². The number of pyridine rings is 1. The average Bonchev–Trinajstić information content (AvgIpc) is 2.47. The second-order valence-corrected chi connectivity index (χ2v) is 5.13. The van der Waals surface area contributed by atoms with Gasteiger partial charge in [0.1, 0.15) is 5.75 Å². The highest BCUT2D eigenvalue weighted by Gasteiger charge is 2.16. The van der Waals surface area contributed by atoms with Crippen molar-refractivity contribution in [3.8, 4) is 5.75 Å². The number of ether oxygens (including phenoxy) is 1. The molecule has 1 aliphatic carbocycles. The van der Waals surface area contributed by atoms with Crippen molar-refractivity contribution < 1.29 is 4.74 Å². The van der Waals surface area contributed by atoms with E-state index in [1.165, 1.54) is 37.8 Å². The van der Waals surface area contributed by atoms with Crippen molar-refractivity contribution in [1.82, 2.24) is 4.98 Å². The van der Waals surface area contributed by atoms with Gasteiger partial charge in [-0.1, -0.05) is 25.3 Å². The molecule has 2 heteroatoms. The highest BCUT2D eigenvalue weighted by Crippen LogP contribution is 2.32. The highest BCUT2D eigenvalue weighted by molar-refractivity contribution is 5.80. The minimum Gasteiger partial charge on any atom is -0.497 e. The molecule has 0 spiro atoms. The highest BCUT2D eigenvalue weighted by atomic mass is 16.5. The zero-order valence-corrected chi connectivity index (χ0v) is 10.9. The molecule has 0 unspecified atom stereocenters. The molecule has 2 nitrogen and oxygen atoms in total. The van der Waals surface area contributed by atoms with Crippen LogP contribution in [-0.4, -0.2) is 12.1 Å². The molecule has 18 heavy (non-hydrogen) atoms. The minimum absolute atomic E-state index is 0.672. The molecule has 1 aromatic carbocycles. The van der Waals surface area contributed by atoms with Crippen LogP contribution in [0.25, 0.3) is 10.9 Å². The standard InChI is InChI=1S/C16H19NO/c1-18-14-8-10-16-13(11-14)7-9-15(17-16)12-5-3-2-4-6-12/h7-12H,2-6H2,1H3. The summed E-state index contributed by atoms with van der Waals surface area (Å²) in [4.78, 5) is 4.82. The summed E-state index contributed by atoms with van der Waals surface area (Å²) >= 11 is 0. The Balaban J connectivity index is 1.95. The summed E-state index contributed by atoms with van der Waals surface area (Å²) in [5.74, 6) is 1.57. The average molecular weight is 241 g/mol. The zero-order chi connectivity index (χ0) is 12.4. The molecule has 0 atom stereocenters. The molecule has 1 heterocycles. The van der Waals surface area contributed by atoms with Gasteiger partial charge >= 0.3 is 0 Å². The Bertz CT molecular complexity index is 544. The predicted octanol–water partition coefficient (Wildman–Crippen LogP) is 4.29. The maximum atomic E-state index is 5.24. The van der Waals surface area contributed by atoms with Crippen LogP contribution in [0.1, 0.15) is 43.7 Å². The lowest BCUT2D eigenvalue weighted by atomic mass is 9.86. The van der Waals surface area contributed by atoms with Crippen molar-refractivity contribution >= 4 is 10.9 Å². The van der Waals surface area contributed by atoms with E-state index in [0.29, 0.717) is 5.92 Å². The summed E-state index contributed by atoms with van der Waals surface area (Å²) in [6.07, 6.45) is 6.70. The molecule has 1 fully saturated rings. The summed E-state index contributed by atoms with van der Waals surface area (Å²) in [6, 6.07) is 10.5. The fraction of sp³-hybridized carbons (Fsp3) is 0.438. The van der Waals surface area contributed by atoms with Crippen molar-refractivity contribution in [2.45, 2.75) is 38.0 Å². The number of nitrogens with zero attached hydrogens (tertiary/aromatic N) is 1. The molecule has 94 valence electrons. The minimum atomic E-state index is 0.672. The van der Waals surface area contributed by atoms with Gasteiger partial charge in [0.25, 0.3) is 0 Å². The predicted molar refractivity (Wildman–Crippen MR) is 74.1 cm³/mol. The van der Waals surface area contributed by atoms with E-state index >= 15 is 0 Å². The second-order valence-electron chi connectivity index (χ2n) is 5.13. The Kier molecular flexibility index (Phi) is 3.18. The fourth-order valence-corrected chi connectivity index (χ4v) is 2.87. The van der Waals surface area contributed by atoms with Gasteiger partial charge in [0.05, 0.1) is 12.6 Å². The normalized spacial score (nSPS) is 16.9. The first-order valence-corrected chi connectivity index (χ1v) is 6.81. The number of aromatic nitrogens is 1. The topological polar surface area (TPSA) is 22.1 Å². The lowest BCUT2D eigenvalue weighted by Crippen LogP contribution is -2.06. The van der Waals surface area contributed by atoms with Crippen LogP contribution >= 0.6 is 0 Å². The summed E-state index contributed by atoms with van der Waals surface area (Å²) in [6.45, 7) is 0. The first kappa shape index (κ1) is 11.5. The number of methoxy groups -OCH3 is 1. The van der Waals surface area contributed by atoms with Gasteiger partial charge in [-0.3, -0.25) is 4.98 Å². The van der Waals surface area contributed by atoms with Gasteiger partial charge in [0.15, 0.2) is 0 Å². The molecule has 0 bridgehead atoms. The van der Waals surface area contributed by atoms with Gasteiger partial charge < -0.3 is 4.74 Å². The Morgan fingerprint density at radius 2 is 1.89 bits per heavy atom.